The third-order valence-electron chi connectivity index (χ3n) is 3.30. The van der Waals surface area contributed by atoms with Crippen LogP contribution in [0.4, 0.5) is 5.69 Å². The molecule has 0 saturated heterocycles. The Labute approximate surface area is 135 Å². The molecule has 0 aliphatic heterocycles. The van der Waals surface area contributed by atoms with Crippen LogP contribution >= 0.6 is 0 Å². The fraction of sp³-hybridized carbons (Fsp3) is 0.222. The Hall–Kier alpha value is -2.82. The first-order valence-electron chi connectivity index (χ1n) is 7.37. The van der Waals surface area contributed by atoms with Crippen LogP contribution < -0.4 is 15.4 Å². The summed E-state index contributed by atoms with van der Waals surface area (Å²) in [5.41, 5.74) is 2.25. The maximum Gasteiger partial charge on any atom is 0.251 e. The molecule has 5 nitrogen and oxygen atoms in total. The molecule has 2 aromatic rings. The van der Waals surface area contributed by atoms with Gasteiger partial charge in [-0.1, -0.05) is 18.2 Å². The first-order chi connectivity index (χ1) is 11.1. The smallest absolute Gasteiger partial charge is 0.251 e. The standard InChI is InChI=1S/C18H20N2O3/c1-13(21)20-16-5-3-4-15(12-16)18(22)19-11-10-14-6-8-17(23-2)9-7-14/h3-9,12H,10-11H2,1-2H3,(H,19,22)(H,20,21). The lowest BCUT2D eigenvalue weighted by Gasteiger charge is -2.08. The molecular weight excluding hydrogens is 292 g/mol. The predicted molar refractivity (Wildman–Crippen MR) is 89.8 cm³/mol. The van der Waals surface area contributed by atoms with Crippen molar-refractivity contribution < 1.29 is 14.3 Å². The number of anilines is 1. The van der Waals surface area contributed by atoms with Crippen LogP contribution in [0.2, 0.25) is 0 Å². The molecule has 2 amide bonds. The van der Waals surface area contributed by atoms with Crippen molar-refractivity contribution in [1.29, 1.82) is 0 Å². The van der Waals surface area contributed by atoms with Crippen molar-refractivity contribution in [2.75, 3.05) is 19.0 Å². The molecule has 5 heteroatoms. The molecule has 0 saturated carbocycles. The van der Waals surface area contributed by atoms with Gasteiger partial charge in [-0.2, -0.15) is 0 Å². The van der Waals surface area contributed by atoms with Crippen molar-refractivity contribution in [3.05, 3.63) is 59.7 Å². The number of carbonyl (C=O) groups excluding carboxylic acids is 2. The molecule has 0 radical (unpaired) electrons. The van der Waals surface area contributed by atoms with Crippen molar-refractivity contribution in [2.45, 2.75) is 13.3 Å². The summed E-state index contributed by atoms with van der Waals surface area (Å²) < 4.78 is 5.11. The molecule has 2 rings (SSSR count). The van der Waals surface area contributed by atoms with E-state index in [2.05, 4.69) is 10.6 Å². The van der Waals surface area contributed by atoms with E-state index in [0.29, 0.717) is 17.8 Å². The molecule has 0 aliphatic rings. The summed E-state index contributed by atoms with van der Waals surface area (Å²) in [6.45, 7) is 1.97. The van der Waals surface area contributed by atoms with Gasteiger partial charge < -0.3 is 15.4 Å². The van der Waals surface area contributed by atoms with Gasteiger partial charge in [-0.3, -0.25) is 9.59 Å². The van der Waals surface area contributed by atoms with Gasteiger partial charge in [0.05, 0.1) is 7.11 Å². The van der Waals surface area contributed by atoms with Gasteiger partial charge >= 0.3 is 0 Å². The van der Waals surface area contributed by atoms with Crippen LogP contribution in [0, 0.1) is 0 Å². The third-order valence-corrected chi connectivity index (χ3v) is 3.30. The molecule has 0 unspecified atom stereocenters. The summed E-state index contributed by atoms with van der Waals surface area (Å²) in [5.74, 6) is 0.486. The number of hydrogen-bond donors (Lipinski definition) is 2. The number of ether oxygens (including phenoxy) is 1. The van der Waals surface area contributed by atoms with E-state index in [1.165, 1.54) is 6.92 Å². The Kier molecular flexibility index (Phi) is 5.74. The molecular formula is C18H20N2O3. The van der Waals surface area contributed by atoms with Crippen LogP contribution in [-0.2, 0) is 11.2 Å². The number of methoxy groups -OCH3 is 1. The number of benzene rings is 2. The van der Waals surface area contributed by atoms with Crippen molar-refractivity contribution in [3.8, 4) is 5.75 Å². The van der Waals surface area contributed by atoms with Gasteiger partial charge in [0.15, 0.2) is 0 Å². The van der Waals surface area contributed by atoms with Crippen LogP contribution in [0.25, 0.3) is 0 Å². The van der Waals surface area contributed by atoms with Gasteiger partial charge in [0.25, 0.3) is 5.91 Å². The lowest BCUT2D eigenvalue weighted by atomic mass is 10.1. The van der Waals surface area contributed by atoms with Gasteiger partial charge in [0, 0.05) is 24.7 Å². The van der Waals surface area contributed by atoms with E-state index in [9.17, 15) is 9.59 Å². The molecule has 2 N–H and O–H groups in total. The van der Waals surface area contributed by atoms with Crippen molar-refractivity contribution >= 4 is 17.5 Å². The quantitative estimate of drug-likeness (QED) is 0.861. The Balaban J connectivity index is 1.87. The normalized spacial score (nSPS) is 10.0. The van der Waals surface area contributed by atoms with Crippen molar-refractivity contribution in [2.24, 2.45) is 0 Å². The fourth-order valence-electron chi connectivity index (χ4n) is 2.16. The highest BCUT2D eigenvalue weighted by atomic mass is 16.5. The van der Waals surface area contributed by atoms with E-state index in [1.54, 1.807) is 31.4 Å². The number of nitrogens with one attached hydrogen (secondary N) is 2. The van der Waals surface area contributed by atoms with Crippen LogP contribution in [-0.4, -0.2) is 25.5 Å². The largest absolute Gasteiger partial charge is 0.497 e. The van der Waals surface area contributed by atoms with E-state index in [4.69, 9.17) is 4.74 Å². The molecule has 0 fully saturated rings. The Bertz CT molecular complexity index is 681. The summed E-state index contributed by atoms with van der Waals surface area (Å²) in [4.78, 5) is 23.2. The molecule has 0 spiro atoms. The van der Waals surface area contributed by atoms with Crippen LogP contribution in [0.1, 0.15) is 22.8 Å². The van der Waals surface area contributed by atoms with Crippen molar-refractivity contribution in [1.82, 2.24) is 5.32 Å². The monoisotopic (exact) mass is 312 g/mol. The lowest BCUT2D eigenvalue weighted by molar-refractivity contribution is -0.114. The highest BCUT2D eigenvalue weighted by molar-refractivity contribution is 5.96. The molecule has 120 valence electrons. The molecule has 0 heterocycles. The van der Waals surface area contributed by atoms with E-state index in [-0.39, 0.29) is 11.8 Å². The Morgan fingerprint density at radius 3 is 2.48 bits per heavy atom. The minimum absolute atomic E-state index is 0.161. The van der Waals surface area contributed by atoms with Crippen molar-refractivity contribution in [3.63, 3.8) is 0 Å². The number of rotatable bonds is 6. The first-order valence-corrected chi connectivity index (χ1v) is 7.37. The molecule has 0 aliphatic carbocycles. The van der Waals surface area contributed by atoms with Crippen LogP contribution in [0.5, 0.6) is 5.75 Å². The van der Waals surface area contributed by atoms with E-state index in [0.717, 1.165) is 17.7 Å². The average molecular weight is 312 g/mol. The number of amides is 2. The van der Waals surface area contributed by atoms with Gasteiger partial charge in [-0.05, 0) is 42.3 Å². The molecule has 23 heavy (non-hydrogen) atoms. The summed E-state index contributed by atoms with van der Waals surface area (Å²) in [6, 6.07) is 14.6. The van der Waals surface area contributed by atoms with Gasteiger partial charge in [-0.15, -0.1) is 0 Å². The second-order valence-corrected chi connectivity index (χ2v) is 5.12. The minimum Gasteiger partial charge on any atom is -0.497 e. The zero-order valence-corrected chi connectivity index (χ0v) is 13.3. The van der Waals surface area contributed by atoms with E-state index < -0.39 is 0 Å². The van der Waals surface area contributed by atoms with Gasteiger partial charge in [0.1, 0.15) is 5.75 Å². The second-order valence-electron chi connectivity index (χ2n) is 5.12. The SMILES string of the molecule is COc1ccc(CCNC(=O)c2cccc(NC(C)=O)c2)cc1. The maximum atomic E-state index is 12.1. The Morgan fingerprint density at radius 2 is 1.83 bits per heavy atom. The van der Waals surface area contributed by atoms with Gasteiger partial charge in [-0.25, -0.2) is 0 Å². The molecule has 0 bridgehead atoms. The second kappa shape index (κ2) is 7.98. The highest BCUT2D eigenvalue weighted by Crippen LogP contribution is 2.12. The fourth-order valence-corrected chi connectivity index (χ4v) is 2.16. The third kappa shape index (κ3) is 5.14. The molecule has 0 aromatic heterocycles. The summed E-state index contributed by atoms with van der Waals surface area (Å²) in [6.07, 6.45) is 0.737. The number of carbonyl (C=O) groups is 2. The average Bonchev–Trinajstić information content (AvgIpc) is 2.55. The zero-order chi connectivity index (χ0) is 16.7. The van der Waals surface area contributed by atoms with E-state index >= 15 is 0 Å². The summed E-state index contributed by atoms with van der Waals surface area (Å²) >= 11 is 0. The molecule has 2 aromatic carbocycles. The van der Waals surface area contributed by atoms with E-state index in [1.807, 2.05) is 24.3 Å². The van der Waals surface area contributed by atoms with Crippen LogP contribution in [0.15, 0.2) is 48.5 Å². The summed E-state index contributed by atoms with van der Waals surface area (Å²) in [5, 5.41) is 5.54. The predicted octanol–water partition coefficient (Wildman–Crippen LogP) is 2.63. The highest BCUT2D eigenvalue weighted by Gasteiger charge is 2.06. The summed E-state index contributed by atoms with van der Waals surface area (Å²) in [7, 11) is 1.63. The number of hydrogen-bond acceptors (Lipinski definition) is 3. The molecule has 0 atom stereocenters. The maximum absolute atomic E-state index is 12.1. The first kappa shape index (κ1) is 16.5. The zero-order valence-electron chi connectivity index (χ0n) is 13.3. The van der Waals surface area contributed by atoms with Gasteiger partial charge in [0.2, 0.25) is 5.91 Å². The Morgan fingerprint density at radius 1 is 1.09 bits per heavy atom. The lowest BCUT2D eigenvalue weighted by Crippen LogP contribution is -2.25. The van der Waals surface area contributed by atoms with Crippen LogP contribution in [0.3, 0.4) is 0 Å². The topological polar surface area (TPSA) is 67.4 Å². The minimum atomic E-state index is -0.165.